The van der Waals surface area contributed by atoms with E-state index in [2.05, 4.69) is 15.8 Å². The number of carbonyl (C=O) groups is 1. The Kier molecular flexibility index (Phi) is 6.32. The van der Waals surface area contributed by atoms with Crippen LogP contribution in [0.1, 0.15) is 51.4 Å². The molecule has 0 unspecified atom stereocenters. The Bertz CT molecular complexity index is 1390. The molecular weight excluding hydrogens is 454 g/mol. The number of aryl methyl sites for hydroxylation is 3. The normalized spacial score (nSPS) is 13.9. The van der Waals surface area contributed by atoms with E-state index in [1.807, 2.05) is 32.0 Å². The van der Waals surface area contributed by atoms with E-state index in [1.54, 1.807) is 6.92 Å². The molecule has 4 rings (SSSR count). The van der Waals surface area contributed by atoms with Crippen LogP contribution in [-0.2, 0) is 6.42 Å². The Labute approximate surface area is 200 Å². The van der Waals surface area contributed by atoms with Gasteiger partial charge in [0.25, 0.3) is 11.6 Å². The Morgan fingerprint density at radius 3 is 2.43 bits per heavy atom. The molecule has 0 fully saturated rings. The van der Waals surface area contributed by atoms with Crippen molar-refractivity contribution in [1.82, 2.24) is 0 Å². The fourth-order valence-corrected chi connectivity index (χ4v) is 4.14. The van der Waals surface area contributed by atoms with Gasteiger partial charge in [-0.05, 0) is 51.3 Å². The smallest absolute Gasteiger partial charge is 0.301 e. The molecule has 180 valence electrons. The van der Waals surface area contributed by atoms with Crippen LogP contribution in [0.2, 0.25) is 0 Å². The summed E-state index contributed by atoms with van der Waals surface area (Å²) in [7, 11) is 0. The third-order valence-corrected chi connectivity index (χ3v) is 5.86. The van der Waals surface area contributed by atoms with Gasteiger partial charge in [-0.1, -0.05) is 17.7 Å². The maximum atomic E-state index is 13.0. The van der Waals surface area contributed by atoms with Gasteiger partial charge in [-0.25, -0.2) is 0 Å². The second-order valence-electron chi connectivity index (χ2n) is 8.37. The predicted molar refractivity (Wildman–Crippen MR) is 130 cm³/mol. The first-order valence-electron chi connectivity index (χ1n) is 10.9. The minimum atomic E-state index is -0.708. The number of hydrogen-bond acceptors (Lipinski definition) is 8. The van der Waals surface area contributed by atoms with E-state index in [0.29, 0.717) is 41.1 Å². The number of fused-ring (bicyclic) bond motifs is 1. The highest BCUT2D eigenvalue weighted by Crippen LogP contribution is 2.32. The standard InChI is InChI=1S/C24H23N5O6/c1-13-7-9-17(14(2)11-13)25-24(30)23-15(3)22-19(5-4-6-21(22)35-23)27-26-18-10-8-16(28(31)32)12-20(18)29(33)34/h7-12,26H,4-6H2,1-3H3,(H,25,30)/b27-19+. The molecule has 1 aliphatic carbocycles. The highest BCUT2D eigenvalue weighted by molar-refractivity contribution is 6.09. The van der Waals surface area contributed by atoms with Crippen molar-refractivity contribution < 1.29 is 19.1 Å². The average Bonchev–Trinajstić information content (AvgIpc) is 3.16. The number of furan rings is 1. The number of non-ortho nitro benzene ring substituents is 1. The molecule has 2 N–H and O–H groups in total. The van der Waals surface area contributed by atoms with Gasteiger partial charge in [0.2, 0.25) is 0 Å². The zero-order chi connectivity index (χ0) is 25.3. The van der Waals surface area contributed by atoms with Crippen molar-refractivity contribution in [2.75, 3.05) is 10.7 Å². The van der Waals surface area contributed by atoms with Crippen LogP contribution in [0, 0.1) is 41.0 Å². The molecule has 3 aromatic rings. The SMILES string of the molecule is Cc1ccc(NC(=O)c2oc3c(c2C)/C(=N/Nc2ccc([N+](=O)[O-])cc2[N+](=O)[O-])CCC3)c(C)c1. The largest absolute Gasteiger partial charge is 0.455 e. The zero-order valence-corrected chi connectivity index (χ0v) is 19.4. The molecule has 1 aromatic heterocycles. The highest BCUT2D eigenvalue weighted by Gasteiger charge is 2.28. The predicted octanol–water partition coefficient (Wildman–Crippen LogP) is 5.43. The second kappa shape index (κ2) is 9.37. The first-order chi connectivity index (χ1) is 16.7. The van der Waals surface area contributed by atoms with Gasteiger partial charge < -0.3 is 9.73 Å². The number of nitrogens with zero attached hydrogens (tertiary/aromatic N) is 3. The number of carbonyl (C=O) groups excluding carboxylic acids is 1. The van der Waals surface area contributed by atoms with Gasteiger partial charge in [0.05, 0.1) is 21.6 Å². The summed E-state index contributed by atoms with van der Waals surface area (Å²) in [5.41, 5.74) is 6.46. The molecule has 1 amide bonds. The van der Waals surface area contributed by atoms with Crippen LogP contribution in [-0.4, -0.2) is 21.5 Å². The van der Waals surface area contributed by atoms with Crippen LogP contribution in [0.25, 0.3) is 0 Å². The third-order valence-electron chi connectivity index (χ3n) is 5.86. The van der Waals surface area contributed by atoms with E-state index >= 15 is 0 Å². The molecule has 0 saturated carbocycles. The first kappa shape index (κ1) is 23.6. The van der Waals surface area contributed by atoms with Crippen LogP contribution in [0.4, 0.5) is 22.7 Å². The Morgan fingerprint density at radius 2 is 1.74 bits per heavy atom. The summed E-state index contributed by atoms with van der Waals surface area (Å²) >= 11 is 0. The number of nitro benzene ring substituents is 2. The minimum Gasteiger partial charge on any atom is -0.455 e. The zero-order valence-electron chi connectivity index (χ0n) is 19.4. The van der Waals surface area contributed by atoms with E-state index in [0.717, 1.165) is 23.6 Å². The molecule has 0 saturated heterocycles. The number of hydrogen-bond donors (Lipinski definition) is 2. The third kappa shape index (κ3) is 4.74. The number of anilines is 2. The summed E-state index contributed by atoms with van der Waals surface area (Å²) < 4.78 is 5.92. The number of amides is 1. The number of benzene rings is 2. The van der Waals surface area contributed by atoms with Gasteiger partial charge in [-0.3, -0.25) is 30.4 Å². The summed E-state index contributed by atoms with van der Waals surface area (Å²) in [6, 6.07) is 9.03. The number of rotatable bonds is 6. The first-order valence-corrected chi connectivity index (χ1v) is 10.9. The second-order valence-corrected chi connectivity index (χ2v) is 8.37. The van der Waals surface area contributed by atoms with Crippen molar-refractivity contribution in [3.8, 4) is 0 Å². The fraction of sp³-hybridized carbons (Fsp3) is 0.250. The highest BCUT2D eigenvalue weighted by atomic mass is 16.6. The molecular formula is C24H23N5O6. The molecule has 11 heteroatoms. The van der Waals surface area contributed by atoms with Gasteiger partial charge in [0.15, 0.2) is 5.76 Å². The van der Waals surface area contributed by atoms with E-state index in [-0.39, 0.29) is 23.0 Å². The summed E-state index contributed by atoms with van der Waals surface area (Å²) in [5.74, 6) is 0.436. The van der Waals surface area contributed by atoms with Crippen molar-refractivity contribution in [3.05, 3.63) is 90.4 Å². The fourth-order valence-electron chi connectivity index (χ4n) is 4.14. The van der Waals surface area contributed by atoms with Gasteiger partial charge in [0, 0.05) is 29.3 Å². The molecule has 1 heterocycles. The van der Waals surface area contributed by atoms with Crippen molar-refractivity contribution >= 4 is 34.4 Å². The van der Waals surface area contributed by atoms with Gasteiger partial charge in [-0.15, -0.1) is 0 Å². The lowest BCUT2D eigenvalue weighted by molar-refractivity contribution is -0.393. The summed E-state index contributed by atoms with van der Waals surface area (Å²) in [4.78, 5) is 34.0. The van der Waals surface area contributed by atoms with Crippen LogP contribution in [0.5, 0.6) is 0 Å². The van der Waals surface area contributed by atoms with E-state index < -0.39 is 15.5 Å². The molecule has 0 bridgehead atoms. The topological polar surface area (TPSA) is 153 Å². The van der Waals surface area contributed by atoms with E-state index in [4.69, 9.17) is 4.42 Å². The van der Waals surface area contributed by atoms with Gasteiger partial charge in [0.1, 0.15) is 11.4 Å². The Balaban J connectivity index is 1.63. The summed E-state index contributed by atoms with van der Waals surface area (Å²) in [6.45, 7) is 5.66. The monoisotopic (exact) mass is 477 g/mol. The minimum absolute atomic E-state index is 0.0224. The number of nitrogens with one attached hydrogen (secondary N) is 2. The van der Waals surface area contributed by atoms with Crippen LogP contribution in [0.3, 0.4) is 0 Å². The molecule has 35 heavy (non-hydrogen) atoms. The Morgan fingerprint density at radius 1 is 1.00 bits per heavy atom. The lowest BCUT2D eigenvalue weighted by Gasteiger charge is -2.14. The van der Waals surface area contributed by atoms with Crippen molar-refractivity contribution in [2.45, 2.75) is 40.0 Å². The van der Waals surface area contributed by atoms with Crippen LogP contribution >= 0.6 is 0 Å². The maximum absolute atomic E-state index is 13.0. The van der Waals surface area contributed by atoms with Crippen molar-refractivity contribution in [3.63, 3.8) is 0 Å². The molecule has 0 radical (unpaired) electrons. The molecule has 11 nitrogen and oxygen atoms in total. The van der Waals surface area contributed by atoms with Gasteiger partial charge >= 0.3 is 5.69 Å². The number of hydrazone groups is 1. The lowest BCUT2D eigenvalue weighted by Crippen LogP contribution is -2.15. The lowest BCUT2D eigenvalue weighted by atomic mass is 9.93. The van der Waals surface area contributed by atoms with Crippen molar-refractivity contribution in [1.29, 1.82) is 0 Å². The van der Waals surface area contributed by atoms with Crippen LogP contribution < -0.4 is 10.7 Å². The summed E-state index contributed by atoms with van der Waals surface area (Å²) in [5, 5.41) is 29.6. The molecule has 2 aromatic carbocycles. The molecule has 1 aliphatic rings. The van der Waals surface area contributed by atoms with Crippen LogP contribution in [0.15, 0.2) is 45.9 Å². The molecule has 0 spiro atoms. The molecule has 0 aliphatic heterocycles. The Hall–Kier alpha value is -4.54. The van der Waals surface area contributed by atoms with Crippen molar-refractivity contribution in [2.24, 2.45) is 5.10 Å². The summed E-state index contributed by atoms with van der Waals surface area (Å²) in [6.07, 6.45) is 1.92. The number of nitro groups is 2. The average molecular weight is 477 g/mol. The molecule has 0 atom stereocenters. The van der Waals surface area contributed by atoms with E-state index in [1.165, 1.54) is 12.1 Å². The quantitative estimate of drug-likeness (QED) is 0.355. The van der Waals surface area contributed by atoms with Gasteiger partial charge in [-0.2, -0.15) is 5.10 Å². The van der Waals surface area contributed by atoms with E-state index in [9.17, 15) is 25.0 Å². The maximum Gasteiger partial charge on any atom is 0.301 e.